The summed E-state index contributed by atoms with van der Waals surface area (Å²) in [5.74, 6) is -0.340. The summed E-state index contributed by atoms with van der Waals surface area (Å²) >= 11 is 0. The van der Waals surface area contributed by atoms with E-state index in [0.29, 0.717) is 19.4 Å². The third-order valence-corrected chi connectivity index (χ3v) is 5.31. The van der Waals surface area contributed by atoms with E-state index in [9.17, 15) is 9.59 Å². The SMILES string of the molecule is CN(C)CCNC(=O)C1(C(=O)Nc2ccc(N3CCCCC3)cc2)CC1. The molecular weight excluding hydrogens is 328 g/mol. The van der Waals surface area contributed by atoms with Gasteiger partial charge in [-0.1, -0.05) is 0 Å². The number of amides is 2. The van der Waals surface area contributed by atoms with Crippen molar-refractivity contribution >= 4 is 23.2 Å². The third kappa shape index (κ3) is 4.36. The Bertz CT molecular complexity index is 632. The second-order valence-electron chi connectivity index (χ2n) is 7.69. The van der Waals surface area contributed by atoms with Gasteiger partial charge in [-0.05, 0) is 70.5 Å². The van der Waals surface area contributed by atoms with E-state index in [1.165, 1.54) is 24.9 Å². The van der Waals surface area contributed by atoms with E-state index < -0.39 is 5.41 Å². The smallest absolute Gasteiger partial charge is 0.240 e. The number of carbonyl (C=O) groups excluding carboxylic acids is 2. The molecular formula is C20H30N4O2. The van der Waals surface area contributed by atoms with Gasteiger partial charge in [-0.15, -0.1) is 0 Å². The molecule has 3 rings (SSSR count). The molecule has 0 spiro atoms. The Morgan fingerprint density at radius 2 is 1.69 bits per heavy atom. The minimum Gasteiger partial charge on any atom is -0.372 e. The average Bonchev–Trinajstić information content (AvgIpc) is 3.45. The molecule has 0 unspecified atom stereocenters. The lowest BCUT2D eigenvalue weighted by Gasteiger charge is -2.28. The van der Waals surface area contributed by atoms with Crippen molar-refractivity contribution in [3.8, 4) is 0 Å². The summed E-state index contributed by atoms with van der Waals surface area (Å²) < 4.78 is 0. The zero-order chi connectivity index (χ0) is 18.6. The van der Waals surface area contributed by atoms with E-state index in [-0.39, 0.29) is 11.8 Å². The second kappa shape index (κ2) is 8.08. The number of hydrogen-bond donors (Lipinski definition) is 2. The van der Waals surface area contributed by atoms with E-state index in [1.54, 1.807) is 0 Å². The van der Waals surface area contributed by atoms with Crippen LogP contribution in [0.3, 0.4) is 0 Å². The van der Waals surface area contributed by atoms with Crippen LogP contribution in [-0.2, 0) is 9.59 Å². The Kier molecular flexibility index (Phi) is 5.81. The lowest BCUT2D eigenvalue weighted by atomic mass is 10.0. The van der Waals surface area contributed by atoms with Gasteiger partial charge in [-0.25, -0.2) is 0 Å². The van der Waals surface area contributed by atoms with Gasteiger partial charge < -0.3 is 20.4 Å². The largest absolute Gasteiger partial charge is 0.372 e. The molecule has 2 aliphatic rings. The van der Waals surface area contributed by atoms with Gasteiger partial charge in [-0.3, -0.25) is 9.59 Å². The van der Waals surface area contributed by atoms with Crippen molar-refractivity contribution in [2.75, 3.05) is 50.5 Å². The zero-order valence-corrected chi connectivity index (χ0v) is 15.9. The molecule has 6 heteroatoms. The number of hydrogen-bond acceptors (Lipinski definition) is 4. The summed E-state index contributed by atoms with van der Waals surface area (Å²) in [7, 11) is 3.92. The van der Waals surface area contributed by atoms with Crippen molar-refractivity contribution in [3.63, 3.8) is 0 Å². The van der Waals surface area contributed by atoms with E-state index in [0.717, 1.165) is 25.3 Å². The average molecular weight is 358 g/mol. The van der Waals surface area contributed by atoms with Crippen LogP contribution in [0.5, 0.6) is 0 Å². The molecule has 1 heterocycles. The van der Waals surface area contributed by atoms with Crippen LogP contribution in [0.2, 0.25) is 0 Å². The van der Waals surface area contributed by atoms with E-state index >= 15 is 0 Å². The predicted molar refractivity (Wildman–Crippen MR) is 104 cm³/mol. The number of anilines is 2. The Balaban J connectivity index is 1.54. The third-order valence-electron chi connectivity index (χ3n) is 5.31. The number of benzene rings is 1. The van der Waals surface area contributed by atoms with Crippen LogP contribution in [0.4, 0.5) is 11.4 Å². The highest BCUT2D eigenvalue weighted by molar-refractivity contribution is 6.13. The molecule has 0 radical (unpaired) electrons. The number of likely N-dealkylation sites (N-methyl/N-ethyl adjacent to an activating group) is 1. The predicted octanol–water partition coefficient (Wildman–Crippen LogP) is 2.07. The van der Waals surface area contributed by atoms with Gasteiger partial charge in [0.2, 0.25) is 11.8 Å². The Hall–Kier alpha value is -2.08. The quantitative estimate of drug-likeness (QED) is 0.733. The summed E-state index contributed by atoms with van der Waals surface area (Å²) in [5.41, 5.74) is 1.08. The molecule has 0 atom stereocenters. The minimum atomic E-state index is -0.877. The highest BCUT2D eigenvalue weighted by Crippen LogP contribution is 2.46. The van der Waals surface area contributed by atoms with E-state index in [2.05, 4.69) is 27.7 Å². The fraction of sp³-hybridized carbons (Fsp3) is 0.600. The Morgan fingerprint density at radius 1 is 1.04 bits per heavy atom. The molecule has 26 heavy (non-hydrogen) atoms. The van der Waals surface area contributed by atoms with Crippen LogP contribution >= 0.6 is 0 Å². The fourth-order valence-corrected chi connectivity index (χ4v) is 3.40. The van der Waals surface area contributed by atoms with Crippen molar-refractivity contribution in [3.05, 3.63) is 24.3 Å². The van der Waals surface area contributed by atoms with E-state index in [4.69, 9.17) is 0 Å². The molecule has 1 aromatic rings. The van der Waals surface area contributed by atoms with Crippen LogP contribution in [0, 0.1) is 5.41 Å². The number of nitrogens with one attached hydrogen (secondary N) is 2. The first-order valence-corrected chi connectivity index (χ1v) is 9.61. The fourth-order valence-electron chi connectivity index (χ4n) is 3.40. The standard InChI is InChI=1S/C20H30N4O2/c1-23(2)15-12-21-18(25)20(10-11-20)19(26)22-16-6-8-17(9-7-16)24-13-4-3-5-14-24/h6-9H,3-5,10-15H2,1-2H3,(H,21,25)(H,22,26). The van der Waals surface area contributed by atoms with Crippen molar-refractivity contribution < 1.29 is 9.59 Å². The van der Waals surface area contributed by atoms with E-state index in [1.807, 2.05) is 31.1 Å². The van der Waals surface area contributed by atoms with Crippen molar-refractivity contribution in [2.24, 2.45) is 5.41 Å². The molecule has 1 aliphatic heterocycles. The molecule has 6 nitrogen and oxygen atoms in total. The number of piperidine rings is 1. The molecule has 1 aliphatic carbocycles. The van der Waals surface area contributed by atoms with Gasteiger partial charge in [0.05, 0.1) is 0 Å². The molecule has 0 aromatic heterocycles. The van der Waals surface area contributed by atoms with Crippen molar-refractivity contribution in [1.82, 2.24) is 10.2 Å². The number of nitrogens with zero attached hydrogens (tertiary/aromatic N) is 2. The minimum absolute atomic E-state index is 0.151. The van der Waals surface area contributed by atoms with Crippen LogP contribution in [0.25, 0.3) is 0 Å². The van der Waals surface area contributed by atoms with Gasteiger partial charge in [-0.2, -0.15) is 0 Å². The lowest BCUT2D eigenvalue weighted by molar-refractivity contribution is -0.134. The normalized spacial score (nSPS) is 18.5. The monoisotopic (exact) mass is 358 g/mol. The van der Waals surface area contributed by atoms with Crippen LogP contribution in [-0.4, -0.2) is 57.0 Å². The second-order valence-corrected chi connectivity index (χ2v) is 7.69. The van der Waals surface area contributed by atoms with Crippen LogP contribution in [0.15, 0.2) is 24.3 Å². The Labute approximate surface area is 155 Å². The molecule has 1 aromatic carbocycles. The molecule has 142 valence electrons. The molecule has 2 amide bonds. The summed E-state index contributed by atoms with van der Waals surface area (Å²) in [6, 6.07) is 7.97. The summed E-state index contributed by atoms with van der Waals surface area (Å²) in [6.45, 7) is 3.52. The first-order chi connectivity index (χ1) is 12.5. The van der Waals surface area contributed by atoms with Crippen molar-refractivity contribution in [2.45, 2.75) is 32.1 Å². The summed E-state index contributed by atoms with van der Waals surface area (Å²) in [5, 5.41) is 5.81. The first-order valence-electron chi connectivity index (χ1n) is 9.61. The highest BCUT2D eigenvalue weighted by atomic mass is 16.2. The lowest BCUT2D eigenvalue weighted by Crippen LogP contribution is -2.42. The number of carbonyl (C=O) groups is 2. The zero-order valence-electron chi connectivity index (χ0n) is 15.9. The highest BCUT2D eigenvalue weighted by Gasteiger charge is 2.56. The maximum absolute atomic E-state index is 12.6. The number of rotatable bonds is 7. The molecule has 1 saturated heterocycles. The summed E-state index contributed by atoms with van der Waals surface area (Å²) in [4.78, 5) is 29.4. The summed E-state index contributed by atoms with van der Waals surface area (Å²) in [6.07, 6.45) is 5.04. The molecule has 1 saturated carbocycles. The topological polar surface area (TPSA) is 64.7 Å². The molecule has 0 bridgehead atoms. The Morgan fingerprint density at radius 3 is 2.27 bits per heavy atom. The first kappa shape index (κ1) is 18.7. The molecule has 2 fully saturated rings. The van der Waals surface area contributed by atoms with Crippen LogP contribution in [0.1, 0.15) is 32.1 Å². The van der Waals surface area contributed by atoms with Gasteiger partial charge in [0.25, 0.3) is 0 Å². The van der Waals surface area contributed by atoms with Crippen LogP contribution < -0.4 is 15.5 Å². The van der Waals surface area contributed by atoms with Gasteiger partial charge in [0.15, 0.2) is 0 Å². The maximum Gasteiger partial charge on any atom is 0.240 e. The van der Waals surface area contributed by atoms with Gasteiger partial charge in [0.1, 0.15) is 5.41 Å². The maximum atomic E-state index is 12.6. The van der Waals surface area contributed by atoms with Gasteiger partial charge >= 0.3 is 0 Å². The molecule has 2 N–H and O–H groups in total. The van der Waals surface area contributed by atoms with Crippen molar-refractivity contribution in [1.29, 1.82) is 0 Å². The van der Waals surface area contributed by atoms with Gasteiger partial charge in [0, 0.05) is 37.6 Å².